The maximum Gasteiger partial charge on any atom is 0.271 e. The molecule has 0 aliphatic carbocycles. The third-order valence-electron chi connectivity index (χ3n) is 2.79. The first-order chi connectivity index (χ1) is 10.4. The summed E-state index contributed by atoms with van der Waals surface area (Å²) in [6.45, 7) is 1.85. The molecular weight excluding hydrogens is 435 g/mol. The van der Waals surface area contributed by atoms with Crippen molar-refractivity contribution < 1.29 is 9.90 Å². The Labute approximate surface area is 149 Å². The lowest BCUT2D eigenvalue weighted by atomic mass is 10.1. The minimum absolute atomic E-state index is 0.0725. The molecule has 0 atom stereocenters. The maximum atomic E-state index is 12.0. The summed E-state index contributed by atoms with van der Waals surface area (Å²) in [5.41, 5.74) is 4.17. The van der Waals surface area contributed by atoms with E-state index < -0.39 is 0 Å². The predicted molar refractivity (Wildman–Crippen MR) is 94.8 cm³/mol. The Bertz CT molecular complexity index is 763. The van der Waals surface area contributed by atoms with Gasteiger partial charge in [0.1, 0.15) is 5.75 Å². The van der Waals surface area contributed by atoms with Gasteiger partial charge in [-0.15, -0.1) is 0 Å². The van der Waals surface area contributed by atoms with Crippen molar-refractivity contribution in [2.75, 3.05) is 0 Å². The van der Waals surface area contributed by atoms with Crippen molar-refractivity contribution in [3.8, 4) is 5.75 Å². The molecule has 0 bridgehead atoms. The van der Waals surface area contributed by atoms with Gasteiger partial charge < -0.3 is 5.11 Å². The molecule has 2 rings (SSSR count). The minimum atomic E-state index is -0.359. The van der Waals surface area contributed by atoms with Gasteiger partial charge in [-0.1, -0.05) is 11.6 Å². The predicted octanol–water partition coefficient (Wildman–Crippen LogP) is 4.64. The summed E-state index contributed by atoms with van der Waals surface area (Å²) in [4.78, 5) is 12.0. The second-order valence-electron chi connectivity index (χ2n) is 4.51. The fraction of sp³-hybridized carbons (Fsp3) is 0.0667. The first kappa shape index (κ1) is 17.0. The van der Waals surface area contributed by atoms with E-state index in [9.17, 15) is 9.90 Å². The van der Waals surface area contributed by atoms with E-state index in [1.165, 1.54) is 6.21 Å². The van der Waals surface area contributed by atoms with Crippen molar-refractivity contribution in [3.05, 3.63) is 61.0 Å². The van der Waals surface area contributed by atoms with E-state index in [0.717, 1.165) is 14.5 Å². The van der Waals surface area contributed by atoms with Crippen LogP contribution in [0, 0.1) is 6.92 Å². The summed E-state index contributed by atoms with van der Waals surface area (Å²) in [7, 11) is 0. The van der Waals surface area contributed by atoms with Gasteiger partial charge in [0.2, 0.25) is 0 Å². The van der Waals surface area contributed by atoms with Crippen molar-refractivity contribution in [3.63, 3.8) is 0 Å². The van der Waals surface area contributed by atoms with Crippen molar-refractivity contribution in [2.24, 2.45) is 5.10 Å². The normalized spacial score (nSPS) is 10.9. The molecule has 1 amide bonds. The van der Waals surface area contributed by atoms with E-state index in [-0.39, 0.29) is 16.7 Å². The monoisotopic (exact) mass is 444 g/mol. The molecule has 0 saturated carbocycles. The van der Waals surface area contributed by atoms with E-state index in [1.54, 1.807) is 30.3 Å². The van der Waals surface area contributed by atoms with Crippen LogP contribution in [-0.2, 0) is 0 Å². The lowest BCUT2D eigenvalue weighted by molar-refractivity contribution is 0.0955. The van der Waals surface area contributed by atoms with Gasteiger partial charge in [-0.05, 0) is 74.7 Å². The number of carbonyl (C=O) groups excluding carboxylic acids is 1. The summed E-state index contributed by atoms with van der Waals surface area (Å²) in [6.07, 6.45) is 1.35. The van der Waals surface area contributed by atoms with Crippen molar-refractivity contribution in [1.82, 2.24) is 5.43 Å². The standard InChI is InChI=1S/C15H11Br2ClN2O2/c1-8-4-10(14(21)13(18)5-8)7-19-20-15(22)9-2-3-11(16)12(17)6-9/h2-7,21H,1H3,(H,20,22)/b19-7+. The van der Waals surface area contributed by atoms with E-state index in [4.69, 9.17) is 11.6 Å². The molecule has 2 aromatic rings. The molecule has 0 aliphatic rings. The molecule has 0 spiro atoms. The number of benzene rings is 2. The van der Waals surface area contributed by atoms with E-state index in [2.05, 4.69) is 42.4 Å². The molecule has 7 heteroatoms. The number of amides is 1. The second-order valence-corrected chi connectivity index (χ2v) is 6.63. The Kier molecular flexibility index (Phi) is 5.61. The van der Waals surface area contributed by atoms with Crippen LogP contribution in [0.5, 0.6) is 5.75 Å². The lowest BCUT2D eigenvalue weighted by Crippen LogP contribution is -2.17. The van der Waals surface area contributed by atoms with Crippen LogP contribution in [0.1, 0.15) is 21.5 Å². The van der Waals surface area contributed by atoms with Gasteiger partial charge in [0.25, 0.3) is 5.91 Å². The Balaban J connectivity index is 2.12. The number of hydrazone groups is 1. The molecule has 2 N–H and O–H groups in total. The molecule has 114 valence electrons. The Morgan fingerprint density at radius 2 is 2.00 bits per heavy atom. The fourth-order valence-electron chi connectivity index (χ4n) is 1.72. The third kappa shape index (κ3) is 4.09. The molecule has 2 aromatic carbocycles. The molecular formula is C15H11Br2ClN2O2. The molecule has 0 saturated heterocycles. The molecule has 0 unspecified atom stereocenters. The van der Waals surface area contributed by atoms with E-state index in [1.807, 2.05) is 6.92 Å². The number of phenols is 1. The molecule has 0 heterocycles. The van der Waals surface area contributed by atoms with Crippen molar-refractivity contribution >= 4 is 55.6 Å². The number of hydrogen-bond donors (Lipinski definition) is 2. The molecule has 22 heavy (non-hydrogen) atoms. The van der Waals surface area contributed by atoms with Gasteiger partial charge in [0.05, 0.1) is 11.2 Å². The van der Waals surface area contributed by atoms with Crippen LogP contribution in [0.15, 0.2) is 44.4 Å². The van der Waals surface area contributed by atoms with Crippen molar-refractivity contribution in [1.29, 1.82) is 0 Å². The minimum Gasteiger partial charge on any atom is -0.506 e. The number of aromatic hydroxyl groups is 1. The lowest BCUT2D eigenvalue weighted by Gasteiger charge is -2.04. The second kappa shape index (κ2) is 7.26. The van der Waals surface area contributed by atoms with Gasteiger partial charge in [-0.3, -0.25) is 4.79 Å². The number of rotatable bonds is 3. The third-order valence-corrected chi connectivity index (χ3v) is 4.96. The number of nitrogens with one attached hydrogen (secondary N) is 1. The number of hydrogen-bond acceptors (Lipinski definition) is 3. The highest BCUT2D eigenvalue weighted by Crippen LogP contribution is 2.27. The van der Waals surface area contributed by atoms with Crippen LogP contribution in [-0.4, -0.2) is 17.2 Å². The average molecular weight is 447 g/mol. The van der Waals surface area contributed by atoms with Gasteiger partial charge >= 0.3 is 0 Å². The molecule has 4 nitrogen and oxygen atoms in total. The largest absolute Gasteiger partial charge is 0.506 e. The summed E-state index contributed by atoms with van der Waals surface area (Å²) in [6, 6.07) is 8.46. The van der Waals surface area contributed by atoms with Gasteiger partial charge in [0.15, 0.2) is 0 Å². The zero-order valence-corrected chi connectivity index (χ0v) is 15.3. The number of phenolic OH excluding ortho intramolecular Hbond substituents is 1. The van der Waals surface area contributed by atoms with Gasteiger partial charge in [-0.25, -0.2) is 5.43 Å². The first-order valence-electron chi connectivity index (χ1n) is 6.16. The highest BCUT2D eigenvalue weighted by atomic mass is 79.9. The van der Waals surface area contributed by atoms with Crippen molar-refractivity contribution in [2.45, 2.75) is 6.92 Å². The average Bonchev–Trinajstić information content (AvgIpc) is 2.46. The Hall–Kier alpha value is -1.37. The van der Waals surface area contributed by atoms with Gasteiger partial charge in [0, 0.05) is 20.1 Å². The smallest absolute Gasteiger partial charge is 0.271 e. The number of nitrogens with zero attached hydrogens (tertiary/aromatic N) is 1. The summed E-state index contributed by atoms with van der Waals surface area (Å²) in [5, 5.41) is 13.9. The SMILES string of the molecule is Cc1cc(Cl)c(O)c(/C=N/NC(=O)c2ccc(Br)c(Br)c2)c1. The van der Waals surface area contributed by atoms with Gasteiger partial charge in [-0.2, -0.15) is 5.10 Å². The number of carbonyl (C=O) groups is 1. The summed E-state index contributed by atoms with van der Waals surface area (Å²) in [5.74, 6) is -0.431. The highest BCUT2D eigenvalue weighted by Gasteiger charge is 2.08. The zero-order chi connectivity index (χ0) is 16.3. The number of halogens is 3. The topological polar surface area (TPSA) is 61.7 Å². The van der Waals surface area contributed by atoms with Crippen LogP contribution >= 0.6 is 43.5 Å². The van der Waals surface area contributed by atoms with Crippen LogP contribution in [0.25, 0.3) is 0 Å². The number of aryl methyl sites for hydroxylation is 1. The molecule has 0 fully saturated rings. The summed E-state index contributed by atoms with van der Waals surface area (Å²) < 4.78 is 1.62. The summed E-state index contributed by atoms with van der Waals surface area (Å²) >= 11 is 12.5. The van der Waals surface area contributed by atoms with Crippen LogP contribution in [0.4, 0.5) is 0 Å². The fourth-order valence-corrected chi connectivity index (χ4v) is 2.63. The molecule has 0 radical (unpaired) electrons. The molecule has 0 aliphatic heterocycles. The van der Waals surface area contributed by atoms with Crippen LogP contribution < -0.4 is 5.43 Å². The quantitative estimate of drug-likeness (QED) is 0.533. The zero-order valence-electron chi connectivity index (χ0n) is 11.4. The van der Waals surface area contributed by atoms with Crippen LogP contribution in [0.3, 0.4) is 0 Å². The van der Waals surface area contributed by atoms with E-state index >= 15 is 0 Å². The maximum absolute atomic E-state index is 12.0. The Morgan fingerprint density at radius 1 is 1.27 bits per heavy atom. The first-order valence-corrected chi connectivity index (χ1v) is 8.12. The highest BCUT2D eigenvalue weighted by molar-refractivity contribution is 9.13. The van der Waals surface area contributed by atoms with E-state index in [0.29, 0.717) is 11.1 Å². The Morgan fingerprint density at radius 3 is 2.68 bits per heavy atom. The van der Waals surface area contributed by atoms with Crippen LogP contribution in [0.2, 0.25) is 5.02 Å². The molecule has 0 aromatic heterocycles.